The molecular weight excluding hydrogens is 154 g/mol. The van der Waals surface area contributed by atoms with Crippen molar-refractivity contribution in [1.29, 1.82) is 0 Å². The minimum Gasteiger partial charge on any atom is -0.269 e. The highest BCUT2D eigenvalue weighted by molar-refractivity contribution is 6.14. The number of amides is 2. The summed E-state index contributed by atoms with van der Waals surface area (Å²) in [5.74, 6) is -0.624. The van der Waals surface area contributed by atoms with Gasteiger partial charge in [-0.15, -0.1) is 0 Å². The predicted octanol–water partition coefficient (Wildman–Crippen LogP) is 1.00. The Balaban J connectivity index is 2.97. The highest BCUT2D eigenvalue weighted by Gasteiger charge is 2.24. The van der Waals surface area contributed by atoms with E-state index < -0.39 is 0 Å². The van der Waals surface area contributed by atoms with Crippen molar-refractivity contribution in [3.63, 3.8) is 0 Å². The maximum Gasteiger partial charge on any atom is 0.258 e. The number of allylic oxidation sites excluding steroid dienone is 2. The third-order valence-corrected chi connectivity index (χ3v) is 1.57. The standard InChI is InChI=1S/C9H9NO2/c1-3-7(4-2)10-8(11)5-6-9(10)12/h3-6H,1H2,2H3. The lowest BCUT2D eigenvalue weighted by Crippen LogP contribution is -2.28. The van der Waals surface area contributed by atoms with Crippen molar-refractivity contribution in [2.24, 2.45) is 0 Å². The molecule has 12 heavy (non-hydrogen) atoms. The van der Waals surface area contributed by atoms with Crippen LogP contribution in [-0.2, 0) is 9.59 Å². The van der Waals surface area contributed by atoms with E-state index in [1.807, 2.05) is 0 Å². The van der Waals surface area contributed by atoms with Gasteiger partial charge in [0.05, 0.1) is 0 Å². The van der Waals surface area contributed by atoms with Crippen LogP contribution in [0.15, 0.2) is 36.6 Å². The zero-order chi connectivity index (χ0) is 9.14. The average Bonchev–Trinajstić information content (AvgIpc) is 2.38. The topological polar surface area (TPSA) is 37.4 Å². The fourth-order valence-corrected chi connectivity index (χ4v) is 0.993. The molecule has 2 amide bonds. The Labute approximate surface area is 70.7 Å². The van der Waals surface area contributed by atoms with Crippen molar-refractivity contribution >= 4 is 11.8 Å². The van der Waals surface area contributed by atoms with E-state index in [-0.39, 0.29) is 11.8 Å². The largest absolute Gasteiger partial charge is 0.269 e. The Morgan fingerprint density at radius 2 is 1.92 bits per heavy atom. The van der Waals surface area contributed by atoms with Gasteiger partial charge in [-0.1, -0.05) is 12.7 Å². The Bertz CT molecular complexity index is 282. The van der Waals surface area contributed by atoms with E-state index in [0.717, 1.165) is 4.90 Å². The number of carbonyl (C=O) groups is 2. The van der Waals surface area contributed by atoms with Gasteiger partial charge < -0.3 is 0 Å². The molecule has 0 saturated heterocycles. The molecule has 0 N–H and O–H groups in total. The molecule has 0 bridgehead atoms. The van der Waals surface area contributed by atoms with E-state index in [4.69, 9.17) is 0 Å². The van der Waals surface area contributed by atoms with Crippen LogP contribution in [0.5, 0.6) is 0 Å². The van der Waals surface area contributed by atoms with Gasteiger partial charge in [-0.3, -0.25) is 9.59 Å². The van der Waals surface area contributed by atoms with E-state index in [0.29, 0.717) is 5.70 Å². The third-order valence-electron chi connectivity index (χ3n) is 1.57. The number of nitrogens with zero attached hydrogens (tertiary/aromatic N) is 1. The first-order valence-corrected chi connectivity index (χ1v) is 3.55. The molecule has 1 aliphatic rings. The van der Waals surface area contributed by atoms with Crippen LogP contribution in [0.4, 0.5) is 0 Å². The van der Waals surface area contributed by atoms with Gasteiger partial charge in [0.15, 0.2) is 0 Å². The molecule has 0 spiro atoms. The molecule has 0 fully saturated rings. The molecule has 0 radical (unpaired) electrons. The van der Waals surface area contributed by atoms with E-state index in [9.17, 15) is 9.59 Å². The van der Waals surface area contributed by atoms with Crippen LogP contribution in [0.3, 0.4) is 0 Å². The molecule has 0 aromatic heterocycles. The van der Waals surface area contributed by atoms with Crippen molar-refractivity contribution in [3.05, 3.63) is 36.6 Å². The number of imide groups is 1. The zero-order valence-corrected chi connectivity index (χ0v) is 6.78. The summed E-state index contributed by atoms with van der Waals surface area (Å²) in [5, 5.41) is 0. The third kappa shape index (κ3) is 1.21. The van der Waals surface area contributed by atoms with Crippen LogP contribution in [0.1, 0.15) is 6.92 Å². The molecule has 1 rings (SSSR count). The minimum atomic E-state index is -0.312. The normalized spacial score (nSPS) is 17.4. The van der Waals surface area contributed by atoms with Gasteiger partial charge in [-0.05, 0) is 13.0 Å². The van der Waals surface area contributed by atoms with Gasteiger partial charge in [0, 0.05) is 17.8 Å². The van der Waals surface area contributed by atoms with Gasteiger partial charge in [0.1, 0.15) is 0 Å². The fourth-order valence-electron chi connectivity index (χ4n) is 0.993. The fraction of sp³-hybridized carbons (Fsp3) is 0.111. The lowest BCUT2D eigenvalue weighted by atomic mass is 10.3. The molecule has 0 aromatic carbocycles. The Morgan fingerprint density at radius 1 is 1.42 bits per heavy atom. The number of hydrogen-bond donors (Lipinski definition) is 0. The van der Waals surface area contributed by atoms with Crippen molar-refractivity contribution in [2.75, 3.05) is 0 Å². The second kappa shape index (κ2) is 3.17. The first kappa shape index (κ1) is 8.46. The van der Waals surface area contributed by atoms with E-state index >= 15 is 0 Å². The van der Waals surface area contributed by atoms with Crippen LogP contribution in [0.25, 0.3) is 0 Å². The first-order valence-electron chi connectivity index (χ1n) is 3.55. The molecule has 0 saturated carbocycles. The Kier molecular flexibility index (Phi) is 2.24. The molecule has 0 unspecified atom stereocenters. The van der Waals surface area contributed by atoms with Crippen LogP contribution in [0.2, 0.25) is 0 Å². The Hall–Kier alpha value is -1.64. The van der Waals surface area contributed by atoms with E-state index in [2.05, 4.69) is 6.58 Å². The number of hydrogen-bond acceptors (Lipinski definition) is 2. The van der Waals surface area contributed by atoms with Crippen molar-refractivity contribution < 1.29 is 9.59 Å². The van der Waals surface area contributed by atoms with Gasteiger partial charge in [-0.25, -0.2) is 4.90 Å². The van der Waals surface area contributed by atoms with Crippen LogP contribution in [-0.4, -0.2) is 16.7 Å². The molecule has 0 aliphatic carbocycles. The zero-order valence-electron chi connectivity index (χ0n) is 6.78. The molecule has 3 heteroatoms. The molecule has 1 aliphatic heterocycles. The summed E-state index contributed by atoms with van der Waals surface area (Å²) in [7, 11) is 0. The lowest BCUT2D eigenvalue weighted by Gasteiger charge is -2.13. The summed E-state index contributed by atoms with van der Waals surface area (Å²) < 4.78 is 0. The van der Waals surface area contributed by atoms with Crippen LogP contribution < -0.4 is 0 Å². The van der Waals surface area contributed by atoms with Crippen molar-refractivity contribution in [1.82, 2.24) is 4.90 Å². The summed E-state index contributed by atoms with van der Waals surface area (Å²) in [4.78, 5) is 23.2. The first-order chi connectivity index (χ1) is 5.70. The number of rotatable bonds is 2. The van der Waals surface area contributed by atoms with Crippen LogP contribution >= 0.6 is 0 Å². The lowest BCUT2D eigenvalue weighted by molar-refractivity contribution is -0.134. The quantitative estimate of drug-likeness (QED) is 0.450. The number of carbonyl (C=O) groups excluding carboxylic acids is 2. The SMILES string of the molecule is C=CC(=CC)N1C(=O)C=CC1=O. The van der Waals surface area contributed by atoms with Crippen molar-refractivity contribution in [3.8, 4) is 0 Å². The minimum absolute atomic E-state index is 0.312. The monoisotopic (exact) mass is 163 g/mol. The summed E-state index contributed by atoms with van der Waals surface area (Å²) in [6, 6.07) is 0. The summed E-state index contributed by atoms with van der Waals surface area (Å²) in [6.07, 6.45) is 5.63. The van der Waals surface area contributed by atoms with Crippen molar-refractivity contribution in [2.45, 2.75) is 6.92 Å². The molecule has 0 atom stereocenters. The van der Waals surface area contributed by atoms with E-state index in [1.54, 1.807) is 13.0 Å². The molecular formula is C9H9NO2. The van der Waals surface area contributed by atoms with E-state index in [1.165, 1.54) is 18.2 Å². The summed E-state index contributed by atoms with van der Waals surface area (Å²) in [5.41, 5.74) is 0.523. The van der Waals surface area contributed by atoms with Gasteiger partial charge >= 0.3 is 0 Å². The van der Waals surface area contributed by atoms with Gasteiger partial charge in [0.2, 0.25) is 0 Å². The maximum atomic E-state index is 11.1. The molecule has 0 aromatic rings. The average molecular weight is 163 g/mol. The summed E-state index contributed by atoms with van der Waals surface area (Å²) >= 11 is 0. The van der Waals surface area contributed by atoms with Crippen LogP contribution in [0, 0.1) is 0 Å². The highest BCUT2D eigenvalue weighted by atomic mass is 16.2. The highest BCUT2D eigenvalue weighted by Crippen LogP contribution is 2.12. The second-order valence-corrected chi connectivity index (χ2v) is 2.26. The Morgan fingerprint density at radius 3 is 2.25 bits per heavy atom. The molecule has 1 heterocycles. The maximum absolute atomic E-state index is 11.1. The summed E-state index contributed by atoms with van der Waals surface area (Å²) in [6.45, 7) is 5.25. The second-order valence-electron chi connectivity index (χ2n) is 2.26. The van der Waals surface area contributed by atoms with Gasteiger partial charge in [0.25, 0.3) is 11.8 Å². The smallest absolute Gasteiger partial charge is 0.258 e. The predicted molar refractivity (Wildman–Crippen MR) is 44.9 cm³/mol. The molecule has 3 nitrogen and oxygen atoms in total. The molecule has 62 valence electrons. The van der Waals surface area contributed by atoms with Gasteiger partial charge in [-0.2, -0.15) is 0 Å².